The molecule has 1 heterocycles. The number of sulfone groups is 1. The predicted octanol–water partition coefficient (Wildman–Crippen LogP) is 5.48. The van der Waals surface area contributed by atoms with Gasteiger partial charge in [-0.25, -0.2) is 13.4 Å². The third-order valence-electron chi connectivity index (χ3n) is 4.97. The van der Waals surface area contributed by atoms with Gasteiger partial charge in [0.15, 0.2) is 9.84 Å². The summed E-state index contributed by atoms with van der Waals surface area (Å²) in [5.41, 5.74) is 4.18. The van der Waals surface area contributed by atoms with Gasteiger partial charge in [-0.15, -0.1) is 0 Å². The van der Waals surface area contributed by atoms with Gasteiger partial charge in [-0.1, -0.05) is 60.7 Å². The van der Waals surface area contributed by atoms with Gasteiger partial charge < -0.3 is 5.32 Å². The van der Waals surface area contributed by atoms with E-state index in [1.54, 1.807) is 12.1 Å². The Labute approximate surface area is 171 Å². The summed E-state index contributed by atoms with van der Waals surface area (Å²) in [6, 6.07) is 27.4. The number of pyridine rings is 1. The van der Waals surface area contributed by atoms with Crippen LogP contribution in [0.15, 0.2) is 89.8 Å². The maximum absolute atomic E-state index is 11.7. The van der Waals surface area contributed by atoms with Gasteiger partial charge >= 0.3 is 0 Å². The number of nitrogens with zero attached hydrogens (tertiary/aromatic N) is 1. The number of anilines is 1. The van der Waals surface area contributed by atoms with Crippen molar-refractivity contribution in [2.75, 3.05) is 11.6 Å². The summed E-state index contributed by atoms with van der Waals surface area (Å²) in [6.45, 7) is 2.04. The predicted molar refractivity (Wildman–Crippen MR) is 119 cm³/mol. The second-order valence-electron chi connectivity index (χ2n) is 7.15. The molecule has 0 fully saturated rings. The first-order valence-corrected chi connectivity index (χ1v) is 11.3. The quantitative estimate of drug-likeness (QED) is 0.480. The summed E-state index contributed by atoms with van der Waals surface area (Å²) in [5.74, 6) is 0.780. The van der Waals surface area contributed by atoms with Crippen LogP contribution in [0.25, 0.3) is 22.0 Å². The molecule has 0 saturated carbocycles. The molecule has 0 spiro atoms. The van der Waals surface area contributed by atoms with Crippen molar-refractivity contribution in [2.24, 2.45) is 0 Å². The first-order valence-electron chi connectivity index (χ1n) is 9.43. The van der Waals surface area contributed by atoms with Gasteiger partial charge in [0.25, 0.3) is 0 Å². The normalized spacial score (nSPS) is 12.6. The minimum absolute atomic E-state index is 0.0269. The molecule has 4 aromatic rings. The van der Waals surface area contributed by atoms with Crippen LogP contribution in [-0.4, -0.2) is 19.7 Å². The third kappa shape index (κ3) is 4.15. The third-order valence-corrected chi connectivity index (χ3v) is 6.10. The van der Waals surface area contributed by atoms with E-state index in [0.717, 1.165) is 33.4 Å². The Kier molecular flexibility index (Phi) is 5.07. The molecule has 1 atom stereocenters. The zero-order valence-electron chi connectivity index (χ0n) is 16.3. The van der Waals surface area contributed by atoms with E-state index in [9.17, 15) is 8.42 Å². The summed E-state index contributed by atoms with van der Waals surface area (Å²) in [6.07, 6.45) is 1.22. The van der Waals surface area contributed by atoms with E-state index >= 15 is 0 Å². The topological polar surface area (TPSA) is 59.1 Å². The Morgan fingerprint density at radius 3 is 2.21 bits per heavy atom. The molecule has 0 aliphatic rings. The fraction of sp³-hybridized carbons (Fsp3) is 0.125. The average molecular weight is 403 g/mol. The van der Waals surface area contributed by atoms with Crippen LogP contribution < -0.4 is 5.32 Å². The number of para-hydroxylation sites is 1. The molecule has 1 aromatic heterocycles. The summed E-state index contributed by atoms with van der Waals surface area (Å²) in [4.78, 5) is 5.10. The second kappa shape index (κ2) is 7.68. The van der Waals surface area contributed by atoms with Crippen molar-refractivity contribution in [3.05, 3.63) is 90.5 Å². The van der Waals surface area contributed by atoms with Crippen LogP contribution in [-0.2, 0) is 9.84 Å². The van der Waals surface area contributed by atoms with Crippen molar-refractivity contribution < 1.29 is 8.42 Å². The minimum atomic E-state index is -3.20. The van der Waals surface area contributed by atoms with Crippen molar-refractivity contribution in [3.8, 4) is 11.1 Å². The van der Waals surface area contributed by atoms with Gasteiger partial charge in [0.05, 0.1) is 10.4 Å². The number of hydrogen-bond acceptors (Lipinski definition) is 4. The van der Waals surface area contributed by atoms with Crippen LogP contribution in [0.1, 0.15) is 18.5 Å². The molecule has 4 nitrogen and oxygen atoms in total. The van der Waals surface area contributed by atoms with Crippen LogP contribution in [0.3, 0.4) is 0 Å². The largest absolute Gasteiger partial charge is 0.364 e. The molecule has 0 saturated heterocycles. The van der Waals surface area contributed by atoms with Crippen LogP contribution in [0, 0.1) is 0 Å². The first-order chi connectivity index (χ1) is 13.9. The lowest BCUT2D eigenvalue weighted by Gasteiger charge is -2.17. The van der Waals surface area contributed by atoms with E-state index in [4.69, 9.17) is 4.98 Å². The molecule has 0 aliphatic heterocycles. The molecule has 0 amide bonds. The zero-order valence-corrected chi connectivity index (χ0v) is 17.1. The van der Waals surface area contributed by atoms with Crippen LogP contribution in [0.5, 0.6) is 0 Å². The summed E-state index contributed by atoms with van der Waals surface area (Å²) >= 11 is 0. The highest BCUT2D eigenvalue weighted by molar-refractivity contribution is 7.90. The standard InChI is InChI=1S/C24H22N2O2S/c1-17(18-12-14-20(15-13-18)29(2,27)28)25-24-16-22(19-8-4-3-5-9-19)21-10-6-7-11-23(21)26-24/h3-17H,1-2H3,(H,25,26). The highest BCUT2D eigenvalue weighted by atomic mass is 32.2. The molecular weight excluding hydrogens is 380 g/mol. The molecule has 0 aliphatic carbocycles. The molecule has 0 bridgehead atoms. The van der Waals surface area contributed by atoms with Crippen molar-refractivity contribution in [3.63, 3.8) is 0 Å². The van der Waals surface area contributed by atoms with Crippen molar-refractivity contribution >= 4 is 26.6 Å². The van der Waals surface area contributed by atoms with Gasteiger partial charge in [-0.2, -0.15) is 0 Å². The van der Waals surface area contributed by atoms with E-state index in [-0.39, 0.29) is 6.04 Å². The lowest BCUT2D eigenvalue weighted by atomic mass is 10.0. The molecule has 3 aromatic carbocycles. The Hall–Kier alpha value is -3.18. The van der Waals surface area contributed by atoms with E-state index < -0.39 is 9.84 Å². The first kappa shape index (κ1) is 19.2. The molecule has 4 rings (SSSR count). The second-order valence-corrected chi connectivity index (χ2v) is 9.16. The smallest absolute Gasteiger partial charge is 0.175 e. The molecular formula is C24H22N2O2S. The van der Waals surface area contributed by atoms with Crippen LogP contribution in [0.4, 0.5) is 5.82 Å². The lowest BCUT2D eigenvalue weighted by molar-refractivity contribution is 0.602. The fourth-order valence-corrected chi connectivity index (χ4v) is 4.05. The number of rotatable bonds is 5. The highest BCUT2D eigenvalue weighted by Crippen LogP contribution is 2.31. The van der Waals surface area contributed by atoms with Crippen molar-refractivity contribution in [2.45, 2.75) is 17.9 Å². The van der Waals surface area contributed by atoms with E-state index in [0.29, 0.717) is 4.90 Å². The average Bonchev–Trinajstić information content (AvgIpc) is 2.73. The minimum Gasteiger partial charge on any atom is -0.364 e. The molecule has 1 unspecified atom stereocenters. The van der Waals surface area contributed by atoms with Gasteiger partial charge in [-0.3, -0.25) is 0 Å². The monoisotopic (exact) mass is 402 g/mol. The summed E-state index contributed by atoms with van der Waals surface area (Å²) in [5, 5.41) is 4.56. The Bertz CT molecular complexity index is 1250. The van der Waals surface area contributed by atoms with E-state index in [1.165, 1.54) is 6.26 Å². The van der Waals surface area contributed by atoms with Gasteiger partial charge in [0.2, 0.25) is 0 Å². The maximum atomic E-state index is 11.7. The lowest BCUT2D eigenvalue weighted by Crippen LogP contribution is -2.08. The Morgan fingerprint density at radius 1 is 0.862 bits per heavy atom. The molecule has 29 heavy (non-hydrogen) atoms. The van der Waals surface area contributed by atoms with E-state index in [1.807, 2.05) is 55.5 Å². The maximum Gasteiger partial charge on any atom is 0.175 e. The van der Waals surface area contributed by atoms with Gasteiger partial charge in [0, 0.05) is 17.7 Å². The Morgan fingerprint density at radius 2 is 1.52 bits per heavy atom. The van der Waals surface area contributed by atoms with Gasteiger partial charge in [-0.05, 0) is 47.9 Å². The van der Waals surface area contributed by atoms with Crippen molar-refractivity contribution in [1.82, 2.24) is 4.98 Å². The van der Waals surface area contributed by atoms with E-state index in [2.05, 4.69) is 29.6 Å². The zero-order chi connectivity index (χ0) is 20.4. The summed E-state index contributed by atoms with van der Waals surface area (Å²) in [7, 11) is -3.20. The van der Waals surface area contributed by atoms with Crippen LogP contribution in [0.2, 0.25) is 0 Å². The highest BCUT2D eigenvalue weighted by Gasteiger charge is 2.12. The number of aromatic nitrogens is 1. The molecule has 5 heteroatoms. The number of benzene rings is 3. The molecule has 1 N–H and O–H groups in total. The molecule has 0 radical (unpaired) electrons. The number of nitrogens with one attached hydrogen (secondary N) is 1. The van der Waals surface area contributed by atoms with Crippen LogP contribution >= 0.6 is 0 Å². The fourth-order valence-electron chi connectivity index (χ4n) is 3.41. The Balaban J connectivity index is 1.69. The number of fused-ring (bicyclic) bond motifs is 1. The van der Waals surface area contributed by atoms with Crippen molar-refractivity contribution in [1.29, 1.82) is 0 Å². The molecule has 146 valence electrons. The van der Waals surface area contributed by atoms with Gasteiger partial charge in [0.1, 0.15) is 5.82 Å². The summed E-state index contributed by atoms with van der Waals surface area (Å²) < 4.78 is 23.4. The number of hydrogen-bond donors (Lipinski definition) is 1. The SMILES string of the molecule is CC(Nc1cc(-c2ccccc2)c2ccccc2n1)c1ccc(S(C)(=O)=O)cc1.